The van der Waals surface area contributed by atoms with Crippen molar-refractivity contribution >= 4 is 17.0 Å². The Labute approximate surface area is 113 Å². The Bertz CT molecular complexity index is 602. The van der Waals surface area contributed by atoms with Gasteiger partial charge in [-0.3, -0.25) is 0 Å². The van der Waals surface area contributed by atoms with E-state index in [1.165, 1.54) is 19.3 Å². The number of fused-ring (bicyclic) bond motifs is 1. The summed E-state index contributed by atoms with van der Waals surface area (Å²) in [7, 11) is 0. The van der Waals surface area contributed by atoms with Crippen molar-refractivity contribution in [1.29, 1.82) is 5.26 Å². The zero-order valence-corrected chi connectivity index (χ0v) is 11.0. The highest BCUT2D eigenvalue weighted by molar-refractivity contribution is 5.78. The maximum atomic E-state index is 8.84. The third kappa shape index (κ3) is 2.28. The van der Waals surface area contributed by atoms with E-state index >= 15 is 0 Å². The summed E-state index contributed by atoms with van der Waals surface area (Å²) in [5.74, 6) is 1.04. The first-order valence-corrected chi connectivity index (χ1v) is 6.97. The zero-order chi connectivity index (χ0) is 13.1. The highest BCUT2D eigenvalue weighted by Gasteiger charge is 2.18. The molecule has 0 N–H and O–H groups in total. The molecule has 0 bridgehead atoms. The van der Waals surface area contributed by atoms with Crippen molar-refractivity contribution < 1.29 is 0 Å². The van der Waals surface area contributed by atoms with Gasteiger partial charge in [-0.2, -0.15) is 5.26 Å². The summed E-state index contributed by atoms with van der Waals surface area (Å²) in [6.07, 6.45) is 4.32. The third-order valence-corrected chi connectivity index (χ3v) is 3.72. The van der Waals surface area contributed by atoms with Gasteiger partial charge < -0.3 is 9.47 Å². The molecule has 4 nitrogen and oxygen atoms in total. The van der Waals surface area contributed by atoms with Crippen LogP contribution in [0.2, 0.25) is 0 Å². The molecule has 98 valence electrons. The summed E-state index contributed by atoms with van der Waals surface area (Å²) in [6.45, 7) is 2.88. The predicted octanol–water partition coefficient (Wildman–Crippen LogP) is 2.94. The molecule has 0 unspecified atom stereocenters. The quantitative estimate of drug-likeness (QED) is 0.846. The van der Waals surface area contributed by atoms with E-state index in [2.05, 4.69) is 21.6 Å². The molecule has 1 aromatic carbocycles. The fourth-order valence-corrected chi connectivity index (χ4v) is 2.78. The standard InChI is InChI=1S/C15H18N4/c16-9-6-12-19-14-8-3-2-7-13(14)17-15(19)18-10-4-1-5-11-18/h2-3,7-8H,1,4-6,10-12H2. The van der Waals surface area contributed by atoms with E-state index in [0.717, 1.165) is 36.6 Å². The number of hydrogen-bond donors (Lipinski definition) is 0. The fraction of sp³-hybridized carbons (Fsp3) is 0.467. The van der Waals surface area contributed by atoms with Gasteiger partial charge in [0.2, 0.25) is 5.95 Å². The molecule has 1 fully saturated rings. The Morgan fingerprint density at radius 3 is 2.74 bits per heavy atom. The van der Waals surface area contributed by atoms with Crippen LogP contribution in [0.25, 0.3) is 11.0 Å². The number of aryl methyl sites for hydroxylation is 1. The van der Waals surface area contributed by atoms with Crippen LogP contribution in [0, 0.1) is 11.3 Å². The molecule has 0 radical (unpaired) electrons. The Morgan fingerprint density at radius 1 is 1.16 bits per heavy atom. The van der Waals surface area contributed by atoms with Crippen LogP contribution in [-0.4, -0.2) is 22.6 Å². The molecule has 0 saturated carbocycles. The molecule has 4 heteroatoms. The lowest BCUT2D eigenvalue weighted by atomic mass is 10.1. The number of aromatic nitrogens is 2. The summed E-state index contributed by atoms with van der Waals surface area (Å²) in [4.78, 5) is 7.13. The summed E-state index contributed by atoms with van der Waals surface area (Å²) < 4.78 is 2.20. The number of hydrogen-bond acceptors (Lipinski definition) is 3. The van der Waals surface area contributed by atoms with Crippen molar-refractivity contribution in [3.8, 4) is 6.07 Å². The molecule has 19 heavy (non-hydrogen) atoms. The molecule has 1 aliphatic rings. The minimum absolute atomic E-state index is 0.529. The van der Waals surface area contributed by atoms with Gasteiger partial charge in [-0.25, -0.2) is 4.98 Å². The van der Waals surface area contributed by atoms with Gasteiger partial charge in [-0.05, 0) is 31.4 Å². The third-order valence-electron chi connectivity index (χ3n) is 3.72. The highest BCUT2D eigenvalue weighted by atomic mass is 15.3. The van der Waals surface area contributed by atoms with Crippen LogP contribution in [0.5, 0.6) is 0 Å². The number of imidazole rings is 1. The van der Waals surface area contributed by atoms with Crippen molar-refractivity contribution in [3.63, 3.8) is 0 Å². The lowest BCUT2D eigenvalue weighted by Crippen LogP contribution is -2.31. The van der Waals surface area contributed by atoms with Crippen LogP contribution in [0.1, 0.15) is 25.7 Å². The molecule has 0 amide bonds. The first-order chi connectivity index (χ1) is 9.40. The number of para-hydroxylation sites is 2. The molecule has 1 aromatic heterocycles. The molecule has 3 rings (SSSR count). The van der Waals surface area contributed by atoms with E-state index in [1.807, 2.05) is 18.2 Å². The first kappa shape index (κ1) is 12.0. The SMILES string of the molecule is N#CCCn1c(N2CCCCC2)nc2ccccc21. The summed E-state index contributed by atoms with van der Waals surface area (Å²) in [5, 5.41) is 8.84. The van der Waals surface area contributed by atoms with E-state index in [9.17, 15) is 0 Å². The van der Waals surface area contributed by atoms with Crippen LogP contribution in [-0.2, 0) is 6.54 Å². The van der Waals surface area contributed by atoms with Crippen molar-refractivity contribution in [2.24, 2.45) is 0 Å². The smallest absolute Gasteiger partial charge is 0.206 e. The van der Waals surface area contributed by atoms with E-state index in [-0.39, 0.29) is 0 Å². The second-order valence-electron chi connectivity index (χ2n) is 5.01. The number of anilines is 1. The number of benzene rings is 1. The number of piperidine rings is 1. The van der Waals surface area contributed by atoms with Crippen LogP contribution in [0.3, 0.4) is 0 Å². The molecular weight excluding hydrogens is 236 g/mol. The average molecular weight is 254 g/mol. The van der Waals surface area contributed by atoms with Crippen molar-refractivity contribution in [3.05, 3.63) is 24.3 Å². The molecule has 0 atom stereocenters. The van der Waals surface area contributed by atoms with Crippen LogP contribution >= 0.6 is 0 Å². The van der Waals surface area contributed by atoms with Crippen molar-refractivity contribution in [2.45, 2.75) is 32.2 Å². The monoisotopic (exact) mass is 254 g/mol. The number of rotatable bonds is 3. The molecule has 2 aromatic rings. The van der Waals surface area contributed by atoms with Gasteiger partial charge in [-0.1, -0.05) is 12.1 Å². The Kier molecular flexibility index (Phi) is 3.37. The fourth-order valence-electron chi connectivity index (χ4n) is 2.78. The molecular formula is C15H18N4. The molecule has 0 aliphatic carbocycles. The van der Waals surface area contributed by atoms with Gasteiger partial charge in [-0.15, -0.1) is 0 Å². The second-order valence-corrected chi connectivity index (χ2v) is 5.01. The normalized spacial score (nSPS) is 15.6. The molecule has 1 aliphatic heterocycles. The zero-order valence-electron chi connectivity index (χ0n) is 11.0. The molecule has 1 saturated heterocycles. The van der Waals surface area contributed by atoms with Crippen LogP contribution < -0.4 is 4.90 Å². The van der Waals surface area contributed by atoms with E-state index in [1.54, 1.807) is 0 Å². The maximum absolute atomic E-state index is 8.84. The Balaban J connectivity index is 2.03. The molecule has 2 heterocycles. The van der Waals surface area contributed by atoms with Crippen molar-refractivity contribution in [1.82, 2.24) is 9.55 Å². The first-order valence-electron chi connectivity index (χ1n) is 6.97. The summed E-state index contributed by atoms with van der Waals surface area (Å²) >= 11 is 0. The minimum Gasteiger partial charge on any atom is -0.342 e. The highest BCUT2D eigenvalue weighted by Crippen LogP contribution is 2.25. The van der Waals surface area contributed by atoms with Crippen molar-refractivity contribution in [2.75, 3.05) is 18.0 Å². The van der Waals surface area contributed by atoms with Gasteiger partial charge in [0.25, 0.3) is 0 Å². The van der Waals surface area contributed by atoms with Crippen LogP contribution in [0.15, 0.2) is 24.3 Å². The average Bonchev–Trinajstić information content (AvgIpc) is 2.85. The van der Waals surface area contributed by atoms with E-state index in [4.69, 9.17) is 10.2 Å². The van der Waals surface area contributed by atoms with E-state index < -0.39 is 0 Å². The Hall–Kier alpha value is -2.02. The predicted molar refractivity (Wildman–Crippen MR) is 76.0 cm³/mol. The minimum atomic E-state index is 0.529. The lowest BCUT2D eigenvalue weighted by Gasteiger charge is -2.28. The number of nitrogens with zero attached hydrogens (tertiary/aromatic N) is 4. The van der Waals surface area contributed by atoms with Gasteiger partial charge in [0.1, 0.15) is 0 Å². The number of nitriles is 1. The maximum Gasteiger partial charge on any atom is 0.206 e. The Morgan fingerprint density at radius 2 is 1.95 bits per heavy atom. The molecule has 0 spiro atoms. The van der Waals surface area contributed by atoms with Gasteiger partial charge in [0.05, 0.1) is 23.5 Å². The second kappa shape index (κ2) is 5.31. The summed E-state index contributed by atoms with van der Waals surface area (Å²) in [6, 6.07) is 10.4. The topological polar surface area (TPSA) is 44.9 Å². The van der Waals surface area contributed by atoms with Gasteiger partial charge in [0, 0.05) is 19.6 Å². The largest absolute Gasteiger partial charge is 0.342 e. The van der Waals surface area contributed by atoms with Gasteiger partial charge >= 0.3 is 0 Å². The van der Waals surface area contributed by atoms with Crippen LogP contribution in [0.4, 0.5) is 5.95 Å². The summed E-state index contributed by atoms with van der Waals surface area (Å²) in [5.41, 5.74) is 2.17. The van der Waals surface area contributed by atoms with E-state index in [0.29, 0.717) is 6.42 Å². The lowest BCUT2D eigenvalue weighted by molar-refractivity contribution is 0.556. The van der Waals surface area contributed by atoms with Gasteiger partial charge in [0.15, 0.2) is 0 Å².